The number of benzene rings is 2. The normalized spacial score (nSPS) is 21.8. The fraction of sp³-hybridized carbons (Fsp3) is 0.391. The van der Waals surface area contributed by atoms with Crippen molar-refractivity contribution in [1.29, 1.82) is 10.5 Å². The summed E-state index contributed by atoms with van der Waals surface area (Å²) in [5.74, 6) is 1.00. The first-order valence-corrected chi connectivity index (χ1v) is 10.2. The van der Waals surface area contributed by atoms with E-state index in [1.807, 2.05) is 0 Å². The van der Waals surface area contributed by atoms with Crippen molar-refractivity contribution in [2.75, 3.05) is 19.7 Å². The SMILES string of the molecule is N#Cc1ccc(O[C@H]2CNC[C@@]2(O)CO)c(OC2CC2)c1.N#Cc1cccc(C(F)(F)F)c1. The van der Waals surface area contributed by atoms with Gasteiger partial charge in [0.1, 0.15) is 11.7 Å². The number of hydrogen-bond acceptors (Lipinski definition) is 7. The van der Waals surface area contributed by atoms with Gasteiger partial charge in [0.2, 0.25) is 0 Å². The van der Waals surface area contributed by atoms with Crippen molar-refractivity contribution in [2.24, 2.45) is 0 Å². The first-order valence-electron chi connectivity index (χ1n) is 10.2. The third-order valence-corrected chi connectivity index (χ3v) is 5.11. The molecule has 0 spiro atoms. The summed E-state index contributed by atoms with van der Waals surface area (Å²) in [5, 5.41) is 39.9. The Morgan fingerprint density at radius 1 is 1.03 bits per heavy atom. The molecule has 7 nitrogen and oxygen atoms in total. The van der Waals surface area contributed by atoms with Crippen LogP contribution in [0.25, 0.3) is 0 Å². The molecule has 3 N–H and O–H groups in total. The topological polar surface area (TPSA) is 119 Å². The number of rotatable bonds is 5. The standard InChI is InChI=1S/C15H18N2O4.C8H4F3N/c16-6-10-1-4-12(13(5-10)20-11-2-3-11)21-14-7-17-8-15(14,19)9-18;9-8(10,11)7-3-1-2-6(4-7)5-12/h1,4-5,11,14,17-19H,2-3,7-9H2;1-4H/t14-,15+;/m0./s1. The van der Waals surface area contributed by atoms with Gasteiger partial charge < -0.3 is 25.0 Å². The number of alkyl halides is 3. The molecule has 2 atom stereocenters. The van der Waals surface area contributed by atoms with Crippen molar-refractivity contribution in [3.8, 4) is 23.6 Å². The van der Waals surface area contributed by atoms with Crippen LogP contribution in [0.3, 0.4) is 0 Å². The minimum Gasteiger partial charge on any atom is -0.486 e. The molecule has 1 aliphatic carbocycles. The van der Waals surface area contributed by atoms with Crippen molar-refractivity contribution in [3.63, 3.8) is 0 Å². The molecule has 0 bridgehead atoms. The molecule has 0 amide bonds. The van der Waals surface area contributed by atoms with Gasteiger partial charge in [0.25, 0.3) is 0 Å². The molecule has 1 saturated heterocycles. The molecule has 174 valence electrons. The lowest BCUT2D eigenvalue weighted by Crippen LogP contribution is -2.48. The van der Waals surface area contributed by atoms with E-state index in [0.717, 1.165) is 25.0 Å². The van der Waals surface area contributed by atoms with Gasteiger partial charge in [0.15, 0.2) is 11.5 Å². The van der Waals surface area contributed by atoms with Gasteiger partial charge in [0, 0.05) is 19.2 Å². The van der Waals surface area contributed by atoms with Crippen LogP contribution in [0.4, 0.5) is 13.2 Å². The number of β-amino-alcohol motifs (C(OH)–C–C–N with tert-alkyl or cyclic N) is 1. The van der Waals surface area contributed by atoms with E-state index in [2.05, 4.69) is 11.4 Å². The maximum absolute atomic E-state index is 12.0. The third-order valence-electron chi connectivity index (χ3n) is 5.11. The number of ether oxygens (including phenoxy) is 2. The molecule has 2 fully saturated rings. The summed E-state index contributed by atoms with van der Waals surface area (Å²) in [7, 11) is 0. The number of hydrogen-bond donors (Lipinski definition) is 3. The van der Waals surface area contributed by atoms with Crippen LogP contribution in [-0.4, -0.2) is 47.7 Å². The summed E-state index contributed by atoms with van der Waals surface area (Å²) in [6.45, 7) is 0.350. The fourth-order valence-electron chi connectivity index (χ4n) is 3.08. The van der Waals surface area contributed by atoms with Crippen molar-refractivity contribution in [3.05, 3.63) is 59.2 Å². The zero-order chi connectivity index (χ0) is 24.1. The maximum atomic E-state index is 12.0. The first kappa shape index (κ1) is 24.3. The third kappa shape index (κ3) is 6.36. The van der Waals surface area contributed by atoms with Crippen LogP contribution < -0.4 is 14.8 Å². The van der Waals surface area contributed by atoms with Crippen molar-refractivity contribution >= 4 is 0 Å². The summed E-state index contributed by atoms with van der Waals surface area (Å²) in [4.78, 5) is 0. The molecule has 33 heavy (non-hydrogen) atoms. The highest BCUT2D eigenvalue weighted by Gasteiger charge is 2.43. The monoisotopic (exact) mass is 461 g/mol. The van der Waals surface area contributed by atoms with E-state index in [-0.39, 0.29) is 24.8 Å². The molecular weight excluding hydrogens is 439 g/mol. The van der Waals surface area contributed by atoms with E-state index in [1.54, 1.807) is 24.3 Å². The minimum atomic E-state index is -4.37. The van der Waals surface area contributed by atoms with Gasteiger partial charge in [0.05, 0.1) is 41.5 Å². The Hall–Kier alpha value is -3.31. The quantitative estimate of drug-likeness (QED) is 0.627. The van der Waals surface area contributed by atoms with Gasteiger partial charge in [-0.25, -0.2) is 0 Å². The summed E-state index contributed by atoms with van der Waals surface area (Å²) in [6.07, 6.45) is -2.74. The van der Waals surface area contributed by atoms with Crippen molar-refractivity contribution in [1.82, 2.24) is 5.32 Å². The van der Waals surface area contributed by atoms with Gasteiger partial charge in [-0.05, 0) is 43.2 Å². The Bertz CT molecular complexity index is 1060. The summed E-state index contributed by atoms with van der Waals surface area (Å²) < 4.78 is 47.6. The molecule has 0 unspecified atom stereocenters. The van der Waals surface area contributed by atoms with Crippen LogP contribution in [0.15, 0.2) is 42.5 Å². The van der Waals surface area contributed by atoms with Gasteiger partial charge in [-0.15, -0.1) is 0 Å². The van der Waals surface area contributed by atoms with Crippen LogP contribution in [0.5, 0.6) is 11.5 Å². The second-order valence-electron chi connectivity index (χ2n) is 7.78. The number of nitriles is 2. The summed E-state index contributed by atoms with van der Waals surface area (Å²) in [5.41, 5.74) is -1.57. The molecular formula is C23H22F3N3O4. The zero-order valence-corrected chi connectivity index (χ0v) is 17.5. The molecule has 1 aliphatic heterocycles. The highest BCUT2D eigenvalue weighted by atomic mass is 19.4. The lowest BCUT2D eigenvalue weighted by molar-refractivity contribution is -0.137. The molecule has 4 rings (SSSR count). The molecule has 0 radical (unpaired) electrons. The highest BCUT2D eigenvalue weighted by molar-refractivity contribution is 5.47. The Balaban J connectivity index is 0.000000218. The van der Waals surface area contributed by atoms with E-state index < -0.39 is 23.4 Å². The van der Waals surface area contributed by atoms with Gasteiger partial charge >= 0.3 is 6.18 Å². The molecule has 10 heteroatoms. The lowest BCUT2D eigenvalue weighted by Gasteiger charge is -2.28. The average Bonchev–Trinajstić information content (AvgIpc) is 3.55. The zero-order valence-electron chi connectivity index (χ0n) is 17.5. The van der Waals surface area contributed by atoms with Crippen molar-refractivity contribution in [2.45, 2.75) is 36.8 Å². The molecule has 0 aromatic heterocycles. The summed E-state index contributed by atoms with van der Waals surface area (Å²) >= 11 is 0. The van der Waals surface area contributed by atoms with E-state index in [1.165, 1.54) is 12.1 Å². The van der Waals surface area contributed by atoms with Crippen LogP contribution in [0, 0.1) is 22.7 Å². The number of aliphatic hydroxyl groups excluding tert-OH is 1. The second-order valence-corrected chi connectivity index (χ2v) is 7.78. The number of nitrogens with one attached hydrogen (secondary N) is 1. The summed E-state index contributed by atoms with van der Waals surface area (Å²) in [6, 6.07) is 13.0. The van der Waals surface area contributed by atoms with Crippen LogP contribution in [0.1, 0.15) is 29.5 Å². The lowest BCUT2D eigenvalue weighted by atomic mass is 10.0. The molecule has 1 saturated carbocycles. The Morgan fingerprint density at radius 3 is 2.33 bits per heavy atom. The van der Waals surface area contributed by atoms with Crippen LogP contribution >= 0.6 is 0 Å². The van der Waals surface area contributed by atoms with E-state index >= 15 is 0 Å². The largest absolute Gasteiger partial charge is 0.486 e. The Morgan fingerprint density at radius 2 is 1.73 bits per heavy atom. The van der Waals surface area contributed by atoms with E-state index in [9.17, 15) is 23.4 Å². The van der Waals surface area contributed by atoms with Gasteiger partial charge in [-0.1, -0.05) is 6.07 Å². The maximum Gasteiger partial charge on any atom is 0.416 e. The van der Waals surface area contributed by atoms with Crippen LogP contribution in [-0.2, 0) is 6.18 Å². The number of nitrogens with zero attached hydrogens (tertiary/aromatic N) is 2. The predicted molar refractivity (Wildman–Crippen MR) is 110 cm³/mol. The van der Waals surface area contributed by atoms with Crippen molar-refractivity contribution < 1.29 is 32.9 Å². The second kappa shape index (κ2) is 10.1. The van der Waals surface area contributed by atoms with E-state index in [0.29, 0.717) is 23.6 Å². The molecule has 2 aromatic rings. The van der Waals surface area contributed by atoms with Gasteiger partial charge in [-0.2, -0.15) is 23.7 Å². The molecule has 2 aromatic carbocycles. The highest BCUT2D eigenvalue weighted by Crippen LogP contribution is 2.36. The Kier molecular flexibility index (Phi) is 7.44. The first-order chi connectivity index (χ1) is 15.7. The molecule has 1 heterocycles. The number of aliphatic hydroxyl groups is 2. The Labute approximate surface area is 188 Å². The smallest absolute Gasteiger partial charge is 0.416 e. The predicted octanol–water partition coefficient (Wildman–Crippen LogP) is 2.75. The van der Waals surface area contributed by atoms with Gasteiger partial charge in [-0.3, -0.25) is 0 Å². The van der Waals surface area contributed by atoms with Crippen LogP contribution in [0.2, 0.25) is 0 Å². The fourth-order valence-corrected chi connectivity index (χ4v) is 3.08. The minimum absolute atomic E-state index is 0.0184. The number of halogens is 3. The molecule has 2 aliphatic rings. The average molecular weight is 461 g/mol. The van der Waals surface area contributed by atoms with E-state index in [4.69, 9.17) is 20.0 Å².